The van der Waals surface area contributed by atoms with E-state index in [0.29, 0.717) is 5.56 Å². The number of nitro groups is 1. The first-order valence-electron chi connectivity index (χ1n) is 6.82. The number of H-pyrrole nitrogens is 1. The molecule has 6 nitrogen and oxygen atoms in total. The number of nitrogens with one attached hydrogen (secondary N) is 1. The summed E-state index contributed by atoms with van der Waals surface area (Å²) in [4.78, 5) is 15.7. The van der Waals surface area contributed by atoms with Gasteiger partial charge < -0.3 is 9.88 Å². The zero-order valence-corrected chi connectivity index (χ0v) is 11.4. The lowest BCUT2D eigenvalue weighted by molar-refractivity contribution is -0.384. The third-order valence-electron chi connectivity index (χ3n) is 3.73. The van der Waals surface area contributed by atoms with Gasteiger partial charge >= 0.3 is 0 Å². The smallest absolute Gasteiger partial charge is 0.269 e. The lowest BCUT2D eigenvalue weighted by Crippen LogP contribution is -2.18. The Balaban J connectivity index is 1.95. The normalized spacial score (nSPS) is 14.1. The third kappa shape index (κ3) is 2.46. The van der Waals surface area contributed by atoms with Gasteiger partial charge in [-0.2, -0.15) is 5.26 Å². The molecule has 1 fully saturated rings. The summed E-state index contributed by atoms with van der Waals surface area (Å²) in [6, 6.07) is 10.3. The molecule has 6 heteroatoms. The van der Waals surface area contributed by atoms with Gasteiger partial charge in [0.15, 0.2) is 0 Å². The maximum absolute atomic E-state index is 10.7. The minimum atomic E-state index is -0.422. The largest absolute Gasteiger partial charge is 0.357 e. The molecule has 1 aromatic heterocycles. The highest BCUT2D eigenvalue weighted by Crippen LogP contribution is 2.30. The Bertz CT molecular complexity index is 706. The lowest BCUT2D eigenvalue weighted by Gasteiger charge is -2.15. The van der Waals surface area contributed by atoms with Gasteiger partial charge in [-0.3, -0.25) is 10.1 Å². The van der Waals surface area contributed by atoms with E-state index in [0.717, 1.165) is 43.0 Å². The maximum Gasteiger partial charge on any atom is 0.269 e. The fourth-order valence-electron chi connectivity index (χ4n) is 2.64. The predicted octanol–water partition coefficient (Wildman–Crippen LogP) is 3.06. The summed E-state index contributed by atoms with van der Waals surface area (Å²) in [7, 11) is 0. The van der Waals surface area contributed by atoms with Gasteiger partial charge in [-0.25, -0.2) is 0 Å². The van der Waals surface area contributed by atoms with Gasteiger partial charge in [0.05, 0.1) is 10.5 Å². The van der Waals surface area contributed by atoms with E-state index in [1.165, 1.54) is 12.1 Å². The molecular formula is C15H14N4O2. The van der Waals surface area contributed by atoms with Crippen molar-refractivity contribution in [1.82, 2.24) is 4.98 Å². The summed E-state index contributed by atoms with van der Waals surface area (Å²) in [5.74, 6) is 0.850. The first-order chi connectivity index (χ1) is 10.2. The zero-order chi connectivity index (χ0) is 14.8. The molecule has 2 heterocycles. The molecule has 1 aliphatic heterocycles. The van der Waals surface area contributed by atoms with E-state index in [2.05, 4.69) is 16.0 Å². The number of benzene rings is 1. The molecule has 1 aromatic carbocycles. The molecule has 3 rings (SSSR count). The van der Waals surface area contributed by atoms with Gasteiger partial charge in [-0.05, 0) is 36.6 Å². The van der Waals surface area contributed by atoms with Crippen LogP contribution in [0.4, 0.5) is 11.5 Å². The topological polar surface area (TPSA) is 86.0 Å². The van der Waals surface area contributed by atoms with Gasteiger partial charge in [-0.1, -0.05) is 0 Å². The van der Waals surface area contributed by atoms with Crippen molar-refractivity contribution in [2.75, 3.05) is 18.0 Å². The number of nitrogens with zero attached hydrogens (tertiary/aromatic N) is 3. The van der Waals surface area contributed by atoms with E-state index >= 15 is 0 Å². The van der Waals surface area contributed by atoms with Gasteiger partial charge in [0.2, 0.25) is 0 Å². The van der Waals surface area contributed by atoms with Crippen LogP contribution in [0.25, 0.3) is 11.3 Å². The first kappa shape index (κ1) is 13.2. The second kappa shape index (κ2) is 5.29. The van der Waals surface area contributed by atoms with Gasteiger partial charge in [0, 0.05) is 30.9 Å². The van der Waals surface area contributed by atoms with Crippen LogP contribution in [0.15, 0.2) is 30.3 Å². The molecular weight excluding hydrogens is 268 g/mol. The molecule has 0 bridgehead atoms. The number of anilines is 1. The number of rotatable bonds is 3. The molecule has 2 aromatic rings. The Morgan fingerprint density at radius 3 is 2.48 bits per heavy atom. The number of nitriles is 1. The molecule has 0 atom stereocenters. The summed E-state index contributed by atoms with van der Waals surface area (Å²) < 4.78 is 0. The summed E-state index contributed by atoms with van der Waals surface area (Å²) >= 11 is 0. The van der Waals surface area contributed by atoms with Crippen molar-refractivity contribution in [2.45, 2.75) is 12.8 Å². The molecule has 0 amide bonds. The number of hydrogen-bond acceptors (Lipinski definition) is 4. The van der Waals surface area contributed by atoms with Crippen molar-refractivity contribution in [3.63, 3.8) is 0 Å². The van der Waals surface area contributed by atoms with Crippen LogP contribution in [-0.4, -0.2) is 23.0 Å². The van der Waals surface area contributed by atoms with E-state index in [1.54, 1.807) is 18.2 Å². The first-order valence-corrected chi connectivity index (χ1v) is 6.82. The van der Waals surface area contributed by atoms with E-state index in [4.69, 9.17) is 0 Å². The second-order valence-corrected chi connectivity index (χ2v) is 5.06. The van der Waals surface area contributed by atoms with Crippen LogP contribution in [0.5, 0.6) is 0 Å². The van der Waals surface area contributed by atoms with Crippen LogP contribution >= 0.6 is 0 Å². The standard InChI is InChI=1S/C15H14N4O2/c16-10-12-9-14(17-15(12)18-7-1-2-8-18)11-3-5-13(6-4-11)19(20)21/h3-6,9,17H,1-2,7-8H2. The Hall–Kier alpha value is -2.81. The van der Waals surface area contributed by atoms with Crippen LogP contribution in [0, 0.1) is 21.4 Å². The SMILES string of the molecule is N#Cc1cc(-c2ccc([N+](=O)[O-])cc2)[nH]c1N1CCCC1. The van der Waals surface area contributed by atoms with Gasteiger partial charge in [0.25, 0.3) is 5.69 Å². The number of aromatic amines is 1. The summed E-state index contributed by atoms with van der Waals surface area (Å²) in [5, 5.41) is 19.9. The van der Waals surface area contributed by atoms with Crippen molar-refractivity contribution in [1.29, 1.82) is 5.26 Å². The van der Waals surface area contributed by atoms with Crippen LogP contribution in [-0.2, 0) is 0 Å². The number of aromatic nitrogens is 1. The number of hydrogen-bond donors (Lipinski definition) is 1. The lowest BCUT2D eigenvalue weighted by atomic mass is 10.1. The van der Waals surface area contributed by atoms with Crippen LogP contribution in [0.3, 0.4) is 0 Å². The Labute approximate surface area is 121 Å². The average molecular weight is 282 g/mol. The molecule has 0 radical (unpaired) electrons. The Kier molecular flexibility index (Phi) is 3.32. The van der Waals surface area contributed by atoms with Crippen molar-refractivity contribution >= 4 is 11.5 Å². The monoisotopic (exact) mass is 282 g/mol. The quantitative estimate of drug-likeness (QED) is 0.692. The van der Waals surface area contributed by atoms with Crippen molar-refractivity contribution in [2.24, 2.45) is 0 Å². The molecule has 0 saturated carbocycles. The number of non-ortho nitro benzene ring substituents is 1. The Morgan fingerprint density at radius 2 is 1.90 bits per heavy atom. The van der Waals surface area contributed by atoms with E-state index in [9.17, 15) is 15.4 Å². The minimum Gasteiger partial charge on any atom is -0.357 e. The van der Waals surface area contributed by atoms with Gasteiger partial charge in [0.1, 0.15) is 11.9 Å². The molecule has 1 saturated heterocycles. The van der Waals surface area contributed by atoms with E-state index in [-0.39, 0.29) is 5.69 Å². The van der Waals surface area contributed by atoms with Crippen molar-refractivity contribution in [3.05, 3.63) is 46.0 Å². The summed E-state index contributed by atoms with van der Waals surface area (Å²) in [6.45, 7) is 1.91. The third-order valence-corrected chi connectivity index (χ3v) is 3.73. The molecule has 0 unspecified atom stereocenters. The highest BCUT2D eigenvalue weighted by Gasteiger charge is 2.19. The minimum absolute atomic E-state index is 0.0607. The molecule has 21 heavy (non-hydrogen) atoms. The number of nitro benzene ring substituents is 1. The molecule has 1 N–H and O–H groups in total. The molecule has 1 aliphatic rings. The average Bonchev–Trinajstić information content (AvgIpc) is 3.16. The van der Waals surface area contributed by atoms with E-state index < -0.39 is 4.92 Å². The van der Waals surface area contributed by atoms with Crippen LogP contribution in [0.2, 0.25) is 0 Å². The van der Waals surface area contributed by atoms with Crippen molar-refractivity contribution in [3.8, 4) is 17.3 Å². The summed E-state index contributed by atoms with van der Waals surface area (Å²) in [5.41, 5.74) is 2.32. The Morgan fingerprint density at radius 1 is 1.24 bits per heavy atom. The predicted molar refractivity (Wildman–Crippen MR) is 79.0 cm³/mol. The van der Waals surface area contributed by atoms with Crippen LogP contribution < -0.4 is 4.90 Å². The van der Waals surface area contributed by atoms with Crippen LogP contribution in [0.1, 0.15) is 18.4 Å². The maximum atomic E-state index is 10.7. The summed E-state index contributed by atoms with van der Waals surface area (Å²) in [6.07, 6.45) is 2.27. The zero-order valence-electron chi connectivity index (χ0n) is 11.4. The fourth-order valence-corrected chi connectivity index (χ4v) is 2.64. The fraction of sp³-hybridized carbons (Fsp3) is 0.267. The second-order valence-electron chi connectivity index (χ2n) is 5.06. The van der Waals surface area contributed by atoms with E-state index in [1.807, 2.05) is 0 Å². The molecule has 0 aliphatic carbocycles. The molecule has 106 valence electrons. The van der Waals surface area contributed by atoms with Crippen molar-refractivity contribution < 1.29 is 4.92 Å². The highest BCUT2D eigenvalue weighted by molar-refractivity contribution is 5.70. The van der Waals surface area contributed by atoms with Gasteiger partial charge in [-0.15, -0.1) is 0 Å². The molecule has 0 spiro atoms. The highest BCUT2D eigenvalue weighted by atomic mass is 16.6.